The first-order valence-corrected chi connectivity index (χ1v) is 25.1. The lowest BCUT2D eigenvalue weighted by atomic mass is 9.71. The molecule has 2 bridgehead atoms. The molecule has 4 aliphatic heterocycles. The molecular formula is C53H71NO9Si. The van der Waals surface area contributed by atoms with Gasteiger partial charge in [-0.1, -0.05) is 136 Å². The highest BCUT2D eigenvalue weighted by molar-refractivity contribution is 6.92. The molecule has 346 valence electrons. The van der Waals surface area contributed by atoms with Crippen LogP contribution >= 0.6 is 0 Å². The maximum atomic E-state index is 15.1. The predicted octanol–water partition coefficient (Wildman–Crippen LogP) is 8.82. The molecule has 4 heterocycles. The van der Waals surface area contributed by atoms with Crippen LogP contribution in [0.5, 0.6) is 0 Å². The largest absolute Gasteiger partial charge is 0.462 e. The summed E-state index contributed by atoms with van der Waals surface area (Å²) in [6.07, 6.45) is 12.0. The van der Waals surface area contributed by atoms with Crippen molar-refractivity contribution in [2.45, 2.75) is 149 Å². The van der Waals surface area contributed by atoms with Gasteiger partial charge in [-0.25, -0.2) is 0 Å². The zero-order valence-corrected chi connectivity index (χ0v) is 40.8. The minimum Gasteiger partial charge on any atom is -0.462 e. The van der Waals surface area contributed by atoms with Crippen LogP contribution < -0.4 is 10.4 Å². The van der Waals surface area contributed by atoms with Crippen LogP contribution in [0.2, 0.25) is 0 Å². The zero-order valence-electron chi connectivity index (χ0n) is 39.8. The monoisotopic (exact) mass is 893 g/mol. The van der Waals surface area contributed by atoms with Crippen LogP contribution in [-0.4, -0.2) is 86.6 Å². The van der Waals surface area contributed by atoms with Crippen molar-refractivity contribution in [2.75, 3.05) is 13.7 Å². The van der Waals surface area contributed by atoms with Gasteiger partial charge in [0.2, 0.25) is 0 Å². The van der Waals surface area contributed by atoms with Gasteiger partial charge in [0.05, 0.1) is 36.2 Å². The van der Waals surface area contributed by atoms with Crippen molar-refractivity contribution in [1.82, 2.24) is 0 Å². The van der Waals surface area contributed by atoms with Crippen LogP contribution in [-0.2, 0) is 37.4 Å². The first kappa shape index (κ1) is 48.0. The predicted molar refractivity (Wildman–Crippen MR) is 253 cm³/mol. The van der Waals surface area contributed by atoms with Crippen molar-refractivity contribution in [1.29, 1.82) is 0 Å². The summed E-state index contributed by atoms with van der Waals surface area (Å²) in [5.74, 6) is -2.31. The number of fused-ring (bicyclic) bond motifs is 2. The van der Waals surface area contributed by atoms with E-state index < -0.39 is 55.7 Å². The van der Waals surface area contributed by atoms with Gasteiger partial charge in [0.25, 0.3) is 0 Å². The maximum Gasteiger partial charge on any atom is 0.408 e. The molecule has 10 nitrogen and oxygen atoms in total. The molecule has 64 heavy (non-hydrogen) atoms. The number of rotatable bonds is 8. The van der Waals surface area contributed by atoms with Crippen LogP contribution in [0.25, 0.3) is 0 Å². The summed E-state index contributed by atoms with van der Waals surface area (Å²) in [6.45, 7) is 21.0. The Morgan fingerprint density at radius 3 is 2.30 bits per heavy atom. The van der Waals surface area contributed by atoms with Gasteiger partial charge in [-0.3, -0.25) is 4.79 Å². The number of aliphatic hydroxyl groups is 1. The fourth-order valence-corrected chi connectivity index (χ4v) is 14.1. The quantitative estimate of drug-likeness (QED) is 0.120. The lowest BCUT2D eigenvalue weighted by Gasteiger charge is -2.50. The van der Waals surface area contributed by atoms with Crippen molar-refractivity contribution in [3.05, 3.63) is 119 Å². The first-order valence-electron chi connectivity index (χ1n) is 23.3. The van der Waals surface area contributed by atoms with Gasteiger partial charge < -0.3 is 37.7 Å². The molecule has 2 aromatic rings. The molecule has 7 rings (SSSR count). The minimum atomic E-state index is -3.57. The molecule has 0 aromatic heterocycles. The third-order valence-corrected chi connectivity index (χ3v) is 16.8. The lowest BCUT2D eigenvalue weighted by Crippen LogP contribution is -2.69. The van der Waals surface area contributed by atoms with E-state index in [-0.39, 0.29) is 37.1 Å². The number of carbonyl (C=O) groups is 1. The smallest absolute Gasteiger partial charge is 0.408 e. The summed E-state index contributed by atoms with van der Waals surface area (Å²) in [4.78, 5) is 20.5. The molecule has 1 aliphatic carbocycles. The number of carbonyl (C=O) groups excluding carboxylic acids is 1. The standard InChI is InChI=1S/C53H71NO9Si/c1-34(2)27-37(5)47-39(7)46(54-57-11)32-52(61-47)31-42-30-41(60-52)26-25-36(4)28-35(3)19-18-20-40-33-58-49-48(38(6)29-45(50(55)59-42)53(40,49)56)62-64(63-51(8,9)10,43-21-14-12-15-22-43)44-23-16-13-17-24-44/h12-25,27,29,34-35,39,41-42,45,47-49,56H,26,28,30-33H2,1-11H3/b19-18+,36-25+,37-27+,40-20+,54-46-/t35-,39-,41+,42-,45-,47+,48+,49+,52-,53+/m0/s1. The van der Waals surface area contributed by atoms with Crippen LogP contribution in [0.4, 0.5) is 0 Å². The van der Waals surface area contributed by atoms with Gasteiger partial charge in [0.15, 0.2) is 5.79 Å². The molecule has 1 spiro atoms. The van der Waals surface area contributed by atoms with E-state index >= 15 is 4.79 Å². The summed E-state index contributed by atoms with van der Waals surface area (Å²) in [7, 11) is -2.01. The van der Waals surface area contributed by atoms with E-state index in [1.807, 2.05) is 82.3 Å². The molecular weight excluding hydrogens is 823 g/mol. The van der Waals surface area contributed by atoms with Crippen LogP contribution in [0.1, 0.15) is 101 Å². The SMILES string of the molecule is CO/N=C1/C[C@]2(C[C@@H]3C[C@@H](C/C=C(\C)C[C@@H](C)/C=C/C=C4\CO[C@@H]5[C@H](O[Si](OC(C)(C)C)(c6ccccc6)c6ccccc6)C(C)=C[C@@H](C(=O)O3)[C@]45O)O2)O[C@H](/C(C)=C/C(C)C)[C@H]1C. The summed E-state index contributed by atoms with van der Waals surface area (Å²) in [6, 6.07) is 20.2. The molecule has 5 aliphatic rings. The number of nitrogens with zero attached hydrogens (tertiary/aromatic N) is 1. The number of benzene rings is 2. The second-order valence-electron chi connectivity index (χ2n) is 20.2. The third kappa shape index (κ3) is 10.2. The summed E-state index contributed by atoms with van der Waals surface area (Å²) < 4.78 is 42.1. The van der Waals surface area contributed by atoms with Gasteiger partial charge in [-0.2, -0.15) is 0 Å². The van der Waals surface area contributed by atoms with E-state index in [0.29, 0.717) is 30.8 Å². The van der Waals surface area contributed by atoms with E-state index in [1.54, 1.807) is 7.11 Å². The molecule has 10 atom stereocenters. The van der Waals surface area contributed by atoms with E-state index in [0.717, 1.165) is 33.7 Å². The second kappa shape index (κ2) is 19.5. The van der Waals surface area contributed by atoms with Crippen molar-refractivity contribution >= 4 is 30.6 Å². The topological polar surface area (TPSA) is 114 Å². The second-order valence-corrected chi connectivity index (χ2v) is 23.0. The average Bonchev–Trinajstić information content (AvgIpc) is 3.57. The van der Waals surface area contributed by atoms with Gasteiger partial charge in [-0.15, -0.1) is 0 Å². The Labute approximate surface area is 382 Å². The van der Waals surface area contributed by atoms with Crippen LogP contribution in [0.3, 0.4) is 0 Å². The Bertz CT molecular complexity index is 2120. The summed E-state index contributed by atoms with van der Waals surface area (Å²) in [5, 5.41) is 19.8. The maximum absolute atomic E-state index is 15.1. The molecule has 3 saturated heterocycles. The summed E-state index contributed by atoms with van der Waals surface area (Å²) >= 11 is 0. The van der Waals surface area contributed by atoms with Crippen molar-refractivity contribution in [3.63, 3.8) is 0 Å². The Morgan fingerprint density at radius 2 is 1.67 bits per heavy atom. The Balaban J connectivity index is 1.32. The highest BCUT2D eigenvalue weighted by Gasteiger charge is 2.63. The molecule has 3 fully saturated rings. The first-order chi connectivity index (χ1) is 30.4. The van der Waals surface area contributed by atoms with Crippen LogP contribution in [0.15, 0.2) is 125 Å². The zero-order chi connectivity index (χ0) is 46.0. The van der Waals surface area contributed by atoms with E-state index in [9.17, 15) is 5.11 Å². The van der Waals surface area contributed by atoms with Crippen molar-refractivity contribution < 1.29 is 42.5 Å². The van der Waals surface area contributed by atoms with Gasteiger partial charge in [0, 0.05) is 25.2 Å². The molecule has 0 saturated carbocycles. The van der Waals surface area contributed by atoms with Gasteiger partial charge >= 0.3 is 14.5 Å². The van der Waals surface area contributed by atoms with E-state index in [1.165, 1.54) is 5.57 Å². The molecule has 11 heteroatoms. The van der Waals surface area contributed by atoms with Crippen LogP contribution in [0, 0.1) is 23.7 Å². The normalized spacial score (nSPS) is 35.8. The lowest BCUT2D eigenvalue weighted by molar-refractivity contribution is -0.313. The Morgan fingerprint density at radius 1 is 1.00 bits per heavy atom. The highest BCUT2D eigenvalue weighted by atomic mass is 28.4. The van der Waals surface area contributed by atoms with Gasteiger partial charge in [0.1, 0.15) is 30.8 Å². The fraction of sp³-hybridized carbons (Fsp3) is 0.547. The van der Waals surface area contributed by atoms with Crippen molar-refractivity contribution in [2.24, 2.45) is 28.8 Å². The molecule has 0 unspecified atom stereocenters. The molecule has 1 N–H and O–H groups in total. The third-order valence-electron chi connectivity index (χ3n) is 13.2. The highest BCUT2D eigenvalue weighted by Crippen LogP contribution is 2.49. The number of oxime groups is 1. The number of esters is 1. The molecule has 2 aromatic carbocycles. The Hall–Kier alpha value is -3.94. The average molecular weight is 894 g/mol. The summed E-state index contributed by atoms with van der Waals surface area (Å²) in [5.41, 5.74) is 2.08. The number of hydrogen-bond donors (Lipinski definition) is 1. The minimum absolute atomic E-state index is 0.0589. The Kier molecular flexibility index (Phi) is 14.6. The van der Waals surface area contributed by atoms with E-state index in [2.05, 4.69) is 89.2 Å². The number of hydrogen-bond acceptors (Lipinski definition) is 10. The molecule has 0 radical (unpaired) electrons. The van der Waals surface area contributed by atoms with Gasteiger partial charge in [-0.05, 0) is 93.3 Å². The van der Waals surface area contributed by atoms with Crippen molar-refractivity contribution in [3.8, 4) is 0 Å². The number of ether oxygens (including phenoxy) is 4. The number of allylic oxidation sites excluding steroid dienone is 5. The van der Waals surface area contributed by atoms with E-state index in [4.69, 9.17) is 32.6 Å². The molecule has 0 amide bonds. The fourth-order valence-electron chi connectivity index (χ4n) is 10.4.